The van der Waals surface area contributed by atoms with Crippen molar-refractivity contribution in [3.05, 3.63) is 28.8 Å². The summed E-state index contributed by atoms with van der Waals surface area (Å²) in [4.78, 5) is 22.9. The zero-order chi connectivity index (χ0) is 16.0. The number of amides is 1. The maximum absolute atomic E-state index is 12.0. The van der Waals surface area contributed by atoms with E-state index in [0.717, 1.165) is 6.42 Å². The Morgan fingerprint density at radius 2 is 2.05 bits per heavy atom. The molecular formula is C15H21ClN2O3. The molecule has 0 saturated heterocycles. The number of hydrogen-bond acceptors (Lipinski definition) is 3. The van der Waals surface area contributed by atoms with Crippen LogP contribution in [0.25, 0.3) is 0 Å². The molecule has 0 heterocycles. The maximum Gasteiger partial charge on any atom is 0.303 e. The van der Waals surface area contributed by atoms with Crippen LogP contribution in [0.3, 0.4) is 0 Å². The summed E-state index contributed by atoms with van der Waals surface area (Å²) in [7, 11) is 0. The van der Waals surface area contributed by atoms with Gasteiger partial charge in [0.25, 0.3) is 5.91 Å². The molecule has 4 N–H and O–H groups in total. The Hall–Kier alpha value is -1.75. The molecule has 0 fully saturated rings. The van der Waals surface area contributed by atoms with E-state index in [1.807, 2.05) is 13.8 Å². The number of halogens is 1. The van der Waals surface area contributed by atoms with Crippen LogP contribution in [0.1, 0.15) is 37.0 Å². The first kappa shape index (κ1) is 17.3. The molecule has 6 heteroatoms. The van der Waals surface area contributed by atoms with E-state index in [1.54, 1.807) is 12.1 Å². The van der Waals surface area contributed by atoms with Gasteiger partial charge in [0, 0.05) is 18.5 Å². The van der Waals surface area contributed by atoms with E-state index in [0.29, 0.717) is 28.7 Å². The highest BCUT2D eigenvalue weighted by atomic mass is 35.5. The minimum atomic E-state index is -0.856. The third-order valence-electron chi connectivity index (χ3n) is 3.08. The molecule has 0 saturated carbocycles. The SMILES string of the molecule is CC(C)C[C@H](CNC(=O)c1ccc(Cl)c(N)c1)CC(=O)O. The summed E-state index contributed by atoms with van der Waals surface area (Å²) in [6, 6.07) is 4.66. The molecule has 0 radical (unpaired) electrons. The fourth-order valence-electron chi connectivity index (χ4n) is 2.18. The van der Waals surface area contributed by atoms with Gasteiger partial charge >= 0.3 is 5.97 Å². The lowest BCUT2D eigenvalue weighted by Gasteiger charge is -2.18. The van der Waals surface area contributed by atoms with Crippen LogP contribution < -0.4 is 11.1 Å². The molecule has 1 rings (SSSR count). The van der Waals surface area contributed by atoms with Crippen molar-refractivity contribution in [1.29, 1.82) is 0 Å². The summed E-state index contributed by atoms with van der Waals surface area (Å²) >= 11 is 5.81. The number of benzene rings is 1. The number of nitrogens with two attached hydrogens (primary N) is 1. The second-order valence-corrected chi connectivity index (χ2v) is 5.95. The Labute approximate surface area is 129 Å². The molecule has 0 spiro atoms. The Morgan fingerprint density at radius 3 is 2.57 bits per heavy atom. The molecule has 116 valence electrons. The van der Waals surface area contributed by atoms with E-state index in [1.165, 1.54) is 6.07 Å². The van der Waals surface area contributed by atoms with E-state index in [9.17, 15) is 9.59 Å². The fraction of sp³-hybridized carbons (Fsp3) is 0.467. The number of carboxylic acid groups (broad SMARTS) is 1. The highest BCUT2D eigenvalue weighted by Crippen LogP contribution is 2.20. The molecule has 21 heavy (non-hydrogen) atoms. The Balaban J connectivity index is 2.63. The molecule has 0 bridgehead atoms. The van der Waals surface area contributed by atoms with Gasteiger partial charge in [0.15, 0.2) is 0 Å². The van der Waals surface area contributed by atoms with E-state index in [-0.39, 0.29) is 18.2 Å². The minimum absolute atomic E-state index is 0.0429. The predicted octanol–water partition coefficient (Wildman–Crippen LogP) is 2.79. The van der Waals surface area contributed by atoms with Crippen LogP contribution in [0.4, 0.5) is 5.69 Å². The van der Waals surface area contributed by atoms with Gasteiger partial charge in [0.1, 0.15) is 0 Å². The monoisotopic (exact) mass is 312 g/mol. The molecule has 1 amide bonds. The summed E-state index contributed by atoms with van der Waals surface area (Å²) in [6.45, 7) is 4.37. The number of rotatable bonds is 7. The molecule has 0 aliphatic carbocycles. The fourth-order valence-corrected chi connectivity index (χ4v) is 2.29. The second-order valence-electron chi connectivity index (χ2n) is 5.54. The molecule has 5 nitrogen and oxygen atoms in total. The number of carbonyl (C=O) groups excluding carboxylic acids is 1. The van der Waals surface area contributed by atoms with Gasteiger partial charge in [-0.1, -0.05) is 25.4 Å². The maximum atomic E-state index is 12.0. The van der Waals surface area contributed by atoms with Gasteiger partial charge in [-0.2, -0.15) is 0 Å². The normalized spacial score (nSPS) is 12.2. The van der Waals surface area contributed by atoms with Crippen molar-refractivity contribution >= 4 is 29.2 Å². The third-order valence-corrected chi connectivity index (χ3v) is 3.42. The third kappa shape index (κ3) is 6.04. The standard InChI is InChI=1S/C15H21ClN2O3/c1-9(2)5-10(6-14(19)20)8-18-15(21)11-3-4-12(16)13(17)7-11/h3-4,7,9-10H,5-6,8,17H2,1-2H3,(H,18,21)(H,19,20)/t10-/m0/s1. The van der Waals surface area contributed by atoms with Crippen molar-refractivity contribution in [2.45, 2.75) is 26.7 Å². The second kappa shape index (κ2) is 7.88. The number of carboxylic acids is 1. The summed E-state index contributed by atoms with van der Waals surface area (Å²) < 4.78 is 0. The summed E-state index contributed by atoms with van der Waals surface area (Å²) in [5.41, 5.74) is 6.41. The molecule has 1 atom stereocenters. The molecular weight excluding hydrogens is 292 g/mol. The lowest BCUT2D eigenvalue weighted by molar-refractivity contribution is -0.138. The van der Waals surface area contributed by atoms with E-state index >= 15 is 0 Å². The van der Waals surface area contributed by atoms with Gasteiger partial charge < -0.3 is 16.2 Å². The van der Waals surface area contributed by atoms with Crippen molar-refractivity contribution in [1.82, 2.24) is 5.32 Å². The van der Waals surface area contributed by atoms with E-state index < -0.39 is 5.97 Å². The van der Waals surface area contributed by atoms with Crippen LogP contribution in [0.5, 0.6) is 0 Å². The van der Waals surface area contributed by atoms with Crippen LogP contribution in [0.2, 0.25) is 5.02 Å². The Bertz CT molecular complexity index is 518. The van der Waals surface area contributed by atoms with Gasteiger partial charge in [-0.25, -0.2) is 0 Å². The highest BCUT2D eigenvalue weighted by Gasteiger charge is 2.16. The Kier molecular flexibility index (Phi) is 6.49. The predicted molar refractivity (Wildman–Crippen MR) is 83.4 cm³/mol. The molecule has 1 aromatic carbocycles. The first-order chi connectivity index (χ1) is 9.79. The van der Waals surface area contributed by atoms with E-state index in [2.05, 4.69) is 5.32 Å². The number of anilines is 1. The lowest BCUT2D eigenvalue weighted by atomic mass is 9.94. The van der Waals surface area contributed by atoms with Crippen LogP contribution in [-0.4, -0.2) is 23.5 Å². The Morgan fingerprint density at radius 1 is 1.38 bits per heavy atom. The first-order valence-corrected chi connectivity index (χ1v) is 7.22. The van der Waals surface area contributed by atoms with Gasteiger partial charge in [-0.05, 0) is 36.5 Å². The van der Waals surface area contributed by atoms with Gasteiger partial charge in [-0.3, -0.25) is 9.59 Å². The zero-order valence-electron chi connectivity index (χ0n) is 12.2. The van der Waals surface area contributed by atoms with Crippen LogP contribution in [-0.2, 0) is 4.79 Å². The number of hydrogen-bond donors (Lipinski definition) is 3. The first-order valence-electron chi connectivity index (χ1n) is 6.84. The van der Waals surface area contributed by atoms with Crippen LogP contribution in [0, 0.1) is 11.8 Å². The number of carbonyl (C=O) groups is 2. The van der Waals surface area contributed by atoms with Crippen LogP contribution >= 0.6 is 11.6 Å². The van der Waals surface area contributed by atoms with Crippen molar-refractivity contribution in [2.24, 2.45) is 11.8 Å². The zero-order valence-corrected chi connectivity index (χ0v) is 13.0. The average molecular weight is 313 g/mol. The molecule has 0 aliphatic rings. The molecule has 0 aromatic heterocycles. The smallest absolute Gasteiger partial charge is 0.303 e. The average Bonchev–Trinajstić information content (AvgIpc) is 2.37. The van der Waals surface area contributed by atoms with E-state index in [4.69, 9.17) is 22.4 Å². The number of aliphatic carboxylic acids is 1. The largest absolute Gasteiger partial charge is 0.481 e. The van der Waals surface area contributed by atoms with Crippen molar-refractivity contribution < 1.29 is 14.7 Å². The van der Waals surface area contributed by atoms with Gasteiger partial charge in [0.2, 0.25) is 0 Å². The molecule has 1 aromatic rings. The van der Waals surface area contributed by atoms with Crippen molar-refractivity contribution in [3.8, 4) is 0 Å². The lowest BCUT2D eigenvalue weighted by Crippen LogP contribution is -2.31. The summed E-state index contributed by atoms with van der Waals surface area (Å²) in [5.74, 6) is -0.850. The minimum Gasteiger partial charge on any atom is -0.481 e. The summed E-state index contributed by atoms with van der Waals surface area (Å²) in [6.07, 6.45) is 0.788. The van der Waals surface area contributed by atoms with Gasteiger partial charge in [-0.15, -0.1) is 0 Å². The number of nitrogens with one attached hydrogen (secondary N) is 1. The highest BCUT2D eigenvalue weighted by molar-refractivity contribution is 6.33. The number of nitrogen functional groups attached to an aromatic ring is 1. The van der Waals surface area contributed by atoms with Crippen molar-refractivity contribution in [2.75, 3.05) is 12.3 Å². The van der Waals surface area contributed by atoms with Gasteiger partial charge in [0.05, 0.1) is 10.7 Å². The van der Waals surface area contributed by atoms with Crippen molar-refractivity contribution in [3.63, 3.8) is 0 Å². The summed E-state index contributed by atoms with van der Waals surface area (Å²) in [5, 5.41) is 12.1. The molecule has 0 aliphatic heterocycles. The molecule has 0 unspecified atom stereocenters. The quantitative estimate of drug-likeness (QED) is 0.675. The van der Waals surface area contributed by atoms with Crippen LogP contribution in [0.15, 0.2) is 18.2 Å². The topological polar surface area (TPSA) is 92.4 Å².